The van der Waals surface area contributed by atoms with Gasteiger partial charge in [-0.25, -0.2) is 9.97 Å². The van der Waals surface area contributed by atoms with Crippen LogP contribution in [0.15, 0.2) is 10.8 Å². The summed E-state index contributed by atoms with van der Waals surface area (Å²) in [6.45, 7) is 0.459. The van der Waals surface area contributed by atoms with Crippen molar-refractivity contribution in [2.24, 2.45) is 5.92 Å². The summed E-state index contributed by atoms with van der Waals surface area (Å²) in [5.41, 5.74) is 5.60. The van der Waals surface area contributed by atoms with Gasteiger partial charge in [0.05, 0.1) is 5.92 Å². The third-order valence-electron chi connectivity index (χ3n) is 2.98. The highest BCUT2D eigenvalue weighted by Crippen LogP contribution is 2.36. The topological polar surface area (TPSA) is 55.0 Å². The van der Waals surface area contributed by atoms with Crippen molar-refractivity contribution < 1.29 is 13.2 Å². The summed E-state index contributed by atoms with van der Waals surface area (Å²) in [5, 5.41) is 0. The number of halogens is 4. The second kappa shape index (κ2) is 4.91. The fourth-order valence-electron chi connectivity index (χ4n) is 2.03. The van der Waals surface area contributed by atoms with Crippen molar-refractivity contribution in [3.8, 4) is 0 Å². The second-order valence-electron chi connectivity index (χ2n) is 4.22. The molecule has 4 nitrogen and oxygen atoms in total. The SMILES string of the molecule is Nc1ncnc(N2CCCC(C(F)(F)F)C2)c1Br. The van der Waals surface area contributed by atoms with Crippen molar-refractivity contribution in [2.75, 3.05) is 23.7 Å². The first-order valence-corrected chi connectivity index (χ1v) is 6.26. The summed E-state index contributed by atoms with van der Waals surface area (Å²) >= 11 is 3.21. The number of nitrogens with two attached hydrogens (primary N) is 1. The third-order valence-corrected chi connectivity index (χ3v) is 3.74. The van der Waals surface area contributed by atoms with Crippen LogP contribution in [0.4, 0.5) is 24.8 Å². The molecule has 2 rings (SSSR count). The molecule has 2 heterocycles. The zero-order chi connectivity index (χ0) is 13.3. The molecule has 0 saturated carbocycles. The van der Waals surface area contributed by atoms with E-state index in [-0.39, 0.29) is 18.8 Å². The fourth-order valence-corrected chi connectivity index (χ4v) is 2.49. The Morgan fingerprint density at radius 3 is 2.78 bits per heavy atom. The zero-order valence-corrected chi connectivity index (χ0v) is 11.0. The van der Waals surface area contributed by atoms with Crippen molar-refractivity contribution in [3.63, 3.8) is 0 Å². The molecule has 1 fully saturated rings. The van der Waals surface area contributed by atoms with Gasteiger partial charge in [0.1, 0.15) is 22.4 Å². The second-order valence-corrected chi connectivity index (χ2v) is 5.02. The van der Waals surface area contributed by atoms with E-state index in [2.05, 4.69) is 25.9 Å². The summed E-state index contributed by atoms with van der Waals surface area (Å²) in [4.78, 5) is 9.37. The van der Waals surface area contributed by atoms with E-state index in [1.54, 1.807) is 4.90 Å². The molecule has 1 aromatic rings. The summed E-state index contributed by atoms with van der Waals surface area (Å²) in [6, 6.07) is 0. The van der Waals surface area contributed by atoms with Gasteiger partial charge in [-0.3, -0.25) is 0 Å². The first kappa shape index (κ1) is 13.4. The number of hydrogen-bond acceptors (Lipinski definition) is 4. The molecule has 100 valence electrons. The van der Waals surface area contributed by atoms with Crippen molar-refractivity contribution in [3.05, 3.63) is 10.8 Å². The van der Waals surface area contributed by atoms with E-state index in [1.807, 2.05) is 0 Å². The quantitative estimate of drug-likeness (QED) is 0.862. The number of aromatic nitrogens is 2. The van der Waals surface area contributed by atoms with Gasteiger partial charge in [0, 0.05) is 13.1 Å². The Labute approximate surface area is 111 Å². The van der Waals surface area contributed by atoms with Gasteiger partial charge in [-0.05, 0) is 28.8 Å². The van der Waals surface area contributed by atoms with Gasteiger partial charge in [0.25, 0.3) is 0 Å². The molecule has 8 heteroatoms. The van der Waals surface area contributed by atoms with Gasteiger partial charge in [0.15, 0.2) is 0 Å². The number of nitrogen functional groups attached to an aromatic ring is 1. The molecule has 1 unspecified atom stereocenters. The highest BCUT2D eigenvalue weighted by atomic mass is 79.9. The Bertz CT molecular complexity index is 438. The molecule has 0 amide bonds. The summed E-state index contributed by atoms with van der Waals surface area (Å²) < 4.78 is 38.6. The van der Waals surface area contributed by atoms with E-state index < -0.39 is 12.1 Å². The van der Waals surface area contributed by atoms with E-state index in [0.29, 0.717) is 23.3 Å². The molecule has 1 saturated heterocycles. The van der Waals surface area contributed by atoms with E-state index in [1.165, 1.54) is 6.33 Å². The predicted octanol–water partition coefficient (Wildman–Crippen LogP) is 2.60. The first-order valence-electron chi connectivity index (χ1n) is 5.47. The minimum atomic E-state index is -4.16. The van der Waals surface area contributed by atoms with Gasteiger partial charge in [-0.15, -0.1) is 0 Å². The number of hydrogen-bond donors (Lipinski definition) is 1. The summed E-state index contributed by atoms with van der Waals surface area (Å²) in [6.07, 6.45) is -2.25. The van der Waals surface area contributed by atoms with Crippen molar-refractivity contribution in [2.45, 2.75) is 19.0 Å². The molecule has 0 aromatic carbocycles. The minimum absolute atomic E-state index is 0.0848. The third kappa shape index (κ3) is 2.68. The molecule has 1 atom stereocenters. The summed E-state index contributed by atoms with van der Waals surface area (Å²) in [5.74, 6) is -0.653. The van der Waals surface area contributed by atoms with Crippen LogP contribution in [-0.2, 0) is 0 Å². The molecule has 18 heavy (non-hydrogen) atoms. The lowest BCUT2D eigenvalue weighted by Crippen LogP contribution is -2.42. The zero-order valence-electron chi connectivity index (χ0n) is 9.41. The van der Waals surface area contributed by atoms with Crippen LogP contribution in [0.25, 0.3) is 0 Å². The average molecular weight is 325 g/mol. The van der Waals surface area contributed by atoms with E-state index in [0.717, 1.165) is 0 Å². The molecule has 0 radical (unpaired) electrons. The smallest absolute Gasteiger partial charge is 0.383 e. The Hall–Kier alpha value is -1.05. The van der Waals surface area contributed by atoms with Crippen LogP contribution in [0.2, 0.25) is 0 Å². The Balaban J connectivity index is 2.21. The van der Waals surface area contributed by atoms with Crippen LogP contribution in [-0.4, -0.2) is 29.2 Å². The lowest BCUT2D eigenvalue weighted by atomic mass is 9.97. The number of nitrogens with zero attached hydrogens (tertiary/aromatic N) is 3. The molecule has 0 bridgehead atoms. The van der Waals surface area contributed by atoms with E-state index in [9.17, 15) is 13.2 Å². The van der Waals surface area contributed by atoms with E-state index in [4.69, 9.17) is 5.73 Å². The Morgan fingerprint density at radius 2 is 2.11 bits per heavy atom. The van der Waals surface area contributed by atoms with Crippen LogP contribution in [0.3, 0.4) is 0 Å². The first-order chi connectivity index (χ1) is 8.39. The average Bonchev–Trinajstić information content (AvgIpc) is 2.32. The Morgan fingerprint density at radius 1 is 1.39 bits per heavy atom. The van der Waals surface area contributed by atoms with Crippen LogP contribution in [0, 0.1) is 5.92 Å². The monoisotopic (exact) mass is 324 g/mol. The fraction of sp³-hybridized carbons (Fsp3) is 0.600. The molecule has 1 aromatic heterocycles. The lowest BCUT2D eigenvalue weighted by molar-refractivity contribution is -0.176. The standard InChI is InChI=1S/C10H12BrF3N4/c11-7-8(15)16-5-17-9(7)18-3-1-2-6(4-18)10(12,13)14/h5-6H,1-4H2,(H2,15,16,17). The molecule has 0 aliphatic carbocycles. The number of anilines is 2. The van der Waals surface area contributed by atoms with Gasteiger partial charge in [0.2, 0.25) is 0 Å². The predicted molar refractivity (Wildman–Crippen MR) is 65.1 cm³/mol. The Kier molecular flexibility index (Phi) is 3.65. The molecule has 2 N–H and O–H groups in total. The van der Waals surface area contributed by atoms with Crippen LogP contribution in [0.1, 0.15) is 12.8 Å². The van der Waals surface area contributed by atoms with Gasteiger partial charge in [-0.2, -0.15) is 13.2 Å². The molecule has 1 aliphatic heterocycles. The molecular weight excluding hydrogens is 313 g/mol. The van der Waals surface area contributed by atoms with Crippen molar-refractivity contribution >= 4 is 27.6 Å². The molecule has 0 spiro atoms. The summed E-state index contributed by atoms with van der Waals surface area (Å²) in [7, 11) is 0. The van der Waals surface area contributed by atoms with E-state index >= 15 is 0 Å². The minimum Gasteiger partial charge on any atom is -0.383 e. The largest absolute Gasteiger partial charge is 0.393 e. The lowest BCUT2D eigenvalue weighted by Gasteiger charge is -2.34. The molecule has 1 aliphatic rings. The number of piperidine rings is 1. The number of rotatable bonds is 1. The highest BCUT2D eigenvalue weighted by molar-refractivity contribution is 9.10. The van der Waals surface area contributed by atoms with Crippen LogP contribution >= 0.6 is 15.9 Å². The normalized spacial score (nSPS) is 21.1. The van der Waals surface area contributed by atoms with Crippen molar-refractivity contribution in [1.82, 2.24) is 9.97 Å². The van der Waals surface area contributed by atoms with Gasteiger partial charge >= 0.3 is 6.18 Å². The maximum Gasteiger partial charge on any atom is 0.393 e. The van der Waals surface area contributed by atoms with Gasteiger partial charge < -0.3 is 10.6 Å². The van der Waals surface area contributed by atoms with Crippen LogP contribution in [0.5, 0.6) is 0 Å². The maximum absolute atomic E-state index is 12.7. The molecular formula is C10H12BrF3N4. The van der Waals surface area contributed by atoms with Crippen molar-refractivity contribution in [1.29, 1.82) is 0 Å². The highest BCUT2D eigenvalue weighted by Gasteiger charge is 2.42. The maximum atomic E-state index is 12.7. The van der Waals surface area contributed by atoms with Gasteiger partial charge in [-0.1, -0.05) is 0 Å². The number of alkyl halides is 3. The van der Waals surface area contributed by atoms with Crippen LogP contribution < -0.4 is 10.6 Å².